The molecule has 4 N–H and O–H groups in total. The summed E-state index contributed by atoms with van der Waals surface area (Å²) in [5, 5.41) is 27.6. The van der Waals surface area contributed by atoms with E-state index in [-0.39, 0.29) is 13.0 Å². The summed E-state index contributed by atoms with van der Waals surface area (Å²) in [4.78, 5) is 24.3. The number of aliphatic hydroxyl groups excluding tert-OH is 2. The third kappa shape index (κ3) is 2.09. The van der Waals surface area contributed by atoms with Crippen molar-refractivity contribution in [2.45, 2.75) is 24.9 Å². The molecule has 1 saturated heterocycles. The second kappa shape index (κ2) is 4.32. The number of nitrogens with zero attached hydrogens (tertiary/aromatic N) is 1. The first-order valence-corrected chi connectivity index (χ1v) is 5.01. The van der Waals surface area contributed by atoms with Crippen LogP contribution in [0.25, 0.3) is 0 Å². The molecule has 3 atom stereocenters. The number of hydrogen-bond acceptors (Lipinski definition) is 6. The molecule has 1 aliphatic rings. The molecule has 0 spiro atoms. The molecule has 8 nitrogen and oxygen atoms in total. The highest BCUT2D eigenvalue weighted by Crippen LogP contribution is 2.27. The minimum absolute atomic E-state index is 0.0939. The molecule has 2 heterocycles. The zero-order valence-electron chi connectivity index (χ0n) is 8.74. The quantitative estimate of drug-likeness (QED) is 0.471. The van der Waals surface area contributed by atoms with Gasteiger partial charge in [-0.3, -0.25) is 14.3 Å². The Morgan fingerprint density at radius 3 is 2.82 bits per heavy atom. The van der Waals surface area contributed by atoms with Crippen LogP contribution in [0.5, 0.6) is 5.75 Å². The number of aromatic amines is 1. The summed E-state index contributed by atoms with van der Waals surface area (Å²) in [6.07, 6.45) is -1.46. The Morgan fingerprint density at radius 1 is 1.53 bits per heavy atom. The first kappa shape index (κ1) is 11.8. The maximum absolute atomic E-state index is 11.5. The zero-order chi connectivity index (χ0) is 12.6. The van der Waals surface area contributed by atoms with E-state index in [9.17, 15) is 19.8 Å². The lowest BCUT2D eigenvalue weighted by atomic mass is 10.2. The third-order valence-electron chi connectivity index (χ3n) is 2.64. The van der Waals surface area contributed by atoms with Crippen LogP contribution in [0.4, 0.5) is 0 Å². The number of aliphatic hydroxyl groups is 2. The molecule has 0 amide bonds. The van der Waals surface area contributed by atoms with Gasteiger partial charge in [0.1, 0.15) is 12.3 Å². The second-order valence-electron chi connectivity index (χ2n) is 3.80. The smallest absolute Gasteiger partial charge is 0.330 e. The summed E-state index contributed by atoms with van der Waals surface area (Å²) in [5.74, 6) is -0.616. The molecule has 0 aromatic carbocycles. The van der Waals surface area contributed by atoms with Crippen molar-refractivity contribution in [2.75, 3.05) is 6.61 Å². The first-order valence-electron chi connectivity index (χ1n) is 5.01. The van der Waals surface area contributed by atoms with Crippen molar-refractivity contribution in [1.29, 1.82) is 0 Å². The third-order valence-corrected chi connectivity index (χ3v) is 2.64. The van der Waals surface area contributed by atoms with Crippen LogP contribution in [0.1, 0.15) is 12.6 Å². The van der Waals surface area contributed by atoms with Gasteiger partial charge in [0.2, 0.25) is 0 Å². The molecule has 8 heteroatoms. The Bertz CT molecular complexity index is 521. The molecule has 94 valence electrons. The summed E-state index contributed by atoms with van der Waals surface area (Å²) in [6, 6.07) is 0. The fourth-order valence-electron chi connectivity index (χ4n) is 1.74. The largest absolute Gasteiger partial charge is 0.502 e. The van der Waals surface area contributed by atoms with Crippen LogP contribution in [0.3, 0.4) is 0 Å². The Hall–Kier alpha value is -1.64. The molecular formula is C9H12N2O6. The van der Waals surface area contributed by atoms with E-state index < -0.39 is 35.4 Å². The summed E-state index contributed by atoms with van der Waals surface area (Å²) >= 11 is 0. The average Bonchev–Trinajstić information content (AvgIpc) is 2.65. The SMILES string of the molecule is O=c1[nH]c(=O)n([C@@H]2C[C@H](O)[C@H](CO)O2)cc1O. The van der Waals surface area contributed by atoms with Crippen molar-refractivity contribution in [3.05, 3.63) is 27.0 Å². The van der Waals surface area contributed by atoms with Gasteiger partial charge >= 0.3 is 5.69 Å². The standard InChI is InChI=1S/C9H12N2O6/c12-3-6-4(13)1-7(17-6)11-2-5(14)8(15)10-9(11)16/h2,4,6-7,12-14H,1,3H2,(H,10,15,16)/t4-,6-,7-/m0/s1. The molecule has 0 bridgehead atoms. The zero-order valence-corrected chi connectivity index (χ0v) is 8.74. The number of ether oxygens (including phenoxy) is 1. The molecule has 0 radical (unpaired) electrons. The van der Waals surface area contributed by atoms with Crippen LogP contribution in [0.15, 0.2) is 15.8 Å². The normalized spacial score (nSPS) is 28.5. The van der Waals surface area contributed by atoms with E-state index in [1.165, 1.54) is 0 Å². The van der Waals surface area contributed by atoms with Crippen LogP contribution in [0.2, 0.25) is 0 Å². The molecule has 0 aliphatic carbocycles. The molecule has 1 aromatic rings. The fourth-order valence-corrected chi connectivity index (χ4v) is 1.74. The summed E-state index contributed by atoms with van der Waals surface area (Å²) in [6.45, 7) is -0.373. The van der Waals surface area contributed by atoms with Gasteiger partial charge in [0.25, 0.3) is 5.56 Å². The fraction of sp³-hybridized carbons (Fsp3) is 0.556. The number of rotatable bonds is 2. The second-order valence-corrected chi connectivity index (χ2v) is 3.80. The van der Waals surface area contributed by atoms with E-state index >= 15 is 0 Å². The lowest BCUT2D eigenvalue weighted by molar-refractivity contribution is -0.0460. The van der Waals surface area contributed by atoms with Gasteiger partial charge in [-0.15, -0.1) is 0 Å². The lowest BCUT2D eigenvalue weighted by Gasteiger charge is -2.14. The van der Waals surface area contributed by atoms with Gasteiger partial charge in [0.15, 0.2) is 5.75 Å². The average molecular weight is 244 g/mol. The highest BCUT2D eigenvalue weighted by atomic mass is 16.5. The maximum Gasteiger partial charge on any atom is 0.330 e. The van der Waals surface area contributed by atoms with Crippen molar-refractivity contribution >= 4 is 0 Å². The van der Waals surface area contributed by atoms with Gasteiger partial charge in [-0.05, 0) is 0 Å². The number of H-pyrrole nitrogens is 1. The Morgan fingerprint density at radius 2 is 2.24 bits per heavy atom. The number of hydrogen-bond donors (Lipinski definition) is 4. The van der Waals surface area contributed by atoms with Crippen molar-refractivity contribution < 1.29 is 20.1 Å². The molecular weight excluding hydrogens is 232 g/mol. The maximum atomic E-state index is 11.5. The first-order chi connectivity index (χ1) is 8.02. The van der Waals surface area contributed by atoms with Gasteiger partial charge in [-0.25, -0.2) is 4.79 Å². The molecule has 1 aromatic heterocycles. The highest BCUT2D eigenvalue weighted by molar-refractivity contribution is 5.09. The van der Waals surface area contributed by atoms with E-state index in [4.69, 9.17) is 9.84 Å². The van der Waals surface area contributed by atoms with Crippen molar-refractivity contribution in [1.82, 2.24) is 9.55 Å². The number of aromatic hydroxyl groups is 1. The summed E-state index contributed by atoms with van der Waals surface area (Å²) < 4.78 is 6.18. The van der Waals surface area contributed by atoms with Crippen LogP contribution < -0.4 is 11.2 Å². The van der Waals surface area contributed by atoms with Gasteiger partial charge in [-0.1, -0.05) is 0 Å². The minimum atomic E-state index is -0.897. The van der Waals surface area contributed by atoms with Crippen molar-refractivity contribution in [3.8, 4) is 5.75 Å². The van der Waals surface area contributed by atoms with Gasteiger partial charge in [0.05, 0.1) is 18.9 Å². The van der Waals surface area contributed by atoms with Crippen LogP contribution in [-0.4, -0.2) is 43.7 Å². The van der Waals surface area contributed by atoms with Crippen LogP contribution in [0, 0.1) is 0 Å². The van der Waals surface area contributed by atoms with Crippen LogP contribution in [-0.2, 0) is 4.74 Å². The van der Waals surface area contributed by atoms with Gasteiger partial charge < -0.3 is 20.1 Å². The molecule has 1 fully saturated rings. The Labute approximate surface area is 94.7 Å². The monoisotopic (exact) mass is 244 g/mol. The van der Waals surface area contributed by atoms with E-state index in [2.05, 4.69) is 0 Å². The van der Waals surface area contributed by atoms with E-state index in [1.54, 1.807) is 0 Å². The topological polar surface area (TPSA) is 125 Å². The van der Waals surface area contributed by atoms with E-state index in [0.717, 1.165) is 10.8 Å². The molecule has 0 unspecified atom stereocenters. The number of aromatic nitrogens is 2. The highest BCUT2D eigenvalue weighted by Gasteiger charge is 2.35. The number of nitrogens with one attached hydrogen (secondary N) is 1. The van der Waals surface area contributed by atoms with E-state index in [0.29, 0.717) is 0 Å². The van der Waals surface area contributed by atoms with Crippen molar-refractivity contribution in [3.63, 3.8) is 0 Å². The molecule has 2 rings (SSSR count). The molecule has 1 aliphatic heterocycles. The predicted octanol–water partition coefficient (Wildman–Crippen LogP) is -2.12. The lowest BCUT2D eigenvalue weighted by Crippen LogP contribution is -2.32. The predicted molar refractivity (Wildman–Crippen MR) is 54.6 cm³/mol. The van der Waals surface area contributed by atoms with Gasteiger partial charge in [0, 0.05) is 6.42 Å². The van der Waals surface area contributed by atoms with E-state index in [1.807, 2.05) is 4.98 Å². The van der Waals surface area contributed by atoms with Crippen molar-refractivity contribution in [2.24, 2.45) is 0 Å². The van der Waals surface area contributed by atoms with Crippen LogP contribution >= 0.6 is 0 Å². The summed E-state index contributed by atoms with van der Waals surface area (Å²) in [5.41, 5.74) is -1.63. The minimum Gasteiger partial charge on any atom is -0.502 e. The van der Waals surface area contributed by atoms with Gasteiger partial charge in [-0.2, -0.15) is 0 Å². The summed E-state index contributed by atoms with van der Waals surface area (Å²) in [7, 11) is 0. The Balaban J connectivity index is 2.34. The molecule has 17 heavy (non-hydrogen) atoms. The molecule has 0 saturated carbocycles. The Kier molecular flexibility index (Phi) is 3.01.